The van der Waals surface area contributed by atoms with Gasteiger partial charge < -0.3 is 0 Å². The van der Waals surface area contributed by atoms with E-state index < -0.39 is 0 Å². The van der Waals surface area contributed by atoms with Crippen molar-refractivity contribution in [3.63, 3.8) is 0 Å². The van der Waals surface area contributed by atoms with Gasteiger partial charge in [0.05, 0.1) is 0 Å². The Morgan fingerprint density at radius 3 is 2.35 bits per heavy atom. The SMILES string of the molecule is CC(=O)N1N=C(c2ccccc2)OC1C(C)[Se]c1ccccc1. The summed E-state index contributed by atoms with van der Waals surface area (Å²) < 4.78 is 7.31. The van der Waals surface area contributed by atoms with Crippen molar-refractivity contribution in [2.24, 2.45) is 5.10 Å². The molecule has 3 rings (SSSR count). The zero-order valence-electron chi connectivity index (χ0n) is 13.0. The molecule has 0 spiro atoms. The molecule has 0 N–H and O–H groups in total. The maximum absolute atomic E-state index is 11.9. The van der Waals surface area contributed by atoms with Crippen LogP contribution in [0.5, 0.6) is 0 Å². The molecule has 2 atom stereocenters. The molecule has 0 radical (unpaired) electrons. The van der Waals surface area contributed by atoms with E-state index in [4.69, 9.17) is 4.74 Å². The molecule has 2 aromatic carbocycles. The molecular formula is C18H18N2O2Se. The zero-order valence-corrected chi connectivity index (χ0v) is 14.8. The van der Waals surface area contributed by atoms with E-state index in [1.165, 1.54) is 16.4 Å². The van der Waals surface area contributed by atoms with Crippen LogP contribution in [0.4, 0.5) is 0 Å². The molecule has 23 heavy (non-hydrogen) atoms. The molecule has 0 bridgehead atoms. The summed E-state index contributed by atoms with van der Waals surface area (Å²) in [6.45, 7) is 3.63. The predicted molar refractivity (Wildman–Crippen MR) is 91.6 cm³/mol. The van der Waals surface area contributed by atoms with Crippen LogP contribution in [0, 0.1) is 0 Å². The third-order valence-electron chi connectivity index (χ3n) is 3.48. The van der Waals surface area contributed by atoms with E-state index >= 15 is 0 Å². The standard InChI is InChI=1S/C18H18N2O2Se/c1-13(23-16-11-7-4-8-12-16)18-20(14(2)21)19-17(22-18)15-9-5-3-6-10-15/h3-13,18H,1-2H3. The third kappa shape index (κ3) is 3.63. The van der Waals surface area contributed by atoms with Crippen molar-refractivity contribution < 1.29 is 9.53 Å². The minimum absolute atomic E-state index is 0.100. The summed E-state index contributed by atoms with van der Waals surface area (Å²) in [5.41, 5.74) is 0.890. The second kappa shape index (κ2) is 6.99. The van der Waals surface area contributed by atoms with Crippen LogP contribution in [0.15, 0.2) is 65.8 Å². The molecule has 0 aromatic heterocycles. The predicted octanol–water partition coefficient (Wildman–Crippen LogP) is 2.39. The van der Waals surface area contributed by atoms with Crippen LogP contribution in [0.25, 0.3) is 0 Å². The minimum atomic E-state index is -0.345. The first-order valence-corrected chi connectivity index (χ1v) is 9.32. The summed E-state index contributed by atoms with van der Waals surface area (Å²) >= 11 is 0.196. The molecule has 4 nitrogen and oxygen atoms in total. The molecule has 2 aromatic rings. The average molecular weight is 373 g/mol. The van der Waals surface area contributed by atoms with Gasteiger partial charge in [-0.15, -0.1) is 0 Å². The Hall–Kier alpha value is -2.10. The van der Waals surface area contributed by atoms with E-state index in [-0.39, 0.29) is 31.9 Å². The number of rotatable bonds is 4. The second-order valence-electron chi connectivity index (χ2n) is 5.28. The number of amides is 1. The van der Waals surface area contributed by atoms with Crippen molar-refractivity contribution in [2.45, 2.75) is 24.9 Å². The van der Waals surface area contributed by atoms with Crippen LogP contribution >= 0.6 is 0 Å². The van der Waals surface area contributed by atoms with Crippen LogP contribution in [0.2, 0.25) is 4.82 Å². The Bertz CT molecular complexity index is 703. The fraction of sp³-hybridized carbons (Fsp3) is 0.222. The van der Waals surface area contributed by atoms with Crippen LogP contribution in [0.3, 0.4) is 0 Å². The molecule has 1 amide bonds. The first-order chi connectivity index (χ1) is 11.1. The van der Waals surface area contributed by atoms with Crippen LogP contribution in [-0.2, 0) is 9.53 Å². The molecule has 5 heteroatoms. The van der Waals surface area contributed by atoms with Gasteiger partial charge in [-0.3, -0.25) is 0 Å². The van der Waals surface area contributed by atoms with E-state index in [2.05, 4.69) is 24.2 Å². The molecule has 0 aliphatic carbocycles. The van der Waals surface area contributed by atoms with Gasteiger partial charge in [-0.25, -0.2) is 0 Å². The van der Waals surface area contributed by atoms with E-state index in [9.17, 15) is 4.79 Å². The summed E-state index contributed by atoms with van der Waals surface area (Å²) in [4.78, 5) is 12.1. The number of nitrogens with zero attached hydrogens (tertiary/aromatic N) is 2. The Balaban J connectivity index is 1.78. The van der Waals surface area contributed by atoms with Gasteiger partial charge in [0.1, 0.15) is 0 Å². The van der Waals surface area contributed by atoms with Gasteiger partial charge in [-0.1, -0.05) is 0 Å². The quantitative estimate of drug-likeness (QED) is 0.773. The van der Waals surface area contributed by atoms with E-state index in [0.717, 1.165) is 5.56 Å². The number of benzene rings is 2. The molecule has 1 aliphatic rings. The van der Waals surface area contributed by atoms with Crippen molar-refractivity contribution in [1.82, 2.24) is 5.01 Å². The molecule has 1 heterocycles. The van der Waals surface area contributed by atoms with E-state index in [1.54, 1.807) is 0 Å². The van der Waals surface area contributed by atoms with Gasteiger partial charge in [0.2, 0.25) is 0 Å². The summed E-state index contributed by atoms with van der Waals surface area (Å²) in [5, 5.41) is 5.86. The first-order valence-electron chi connectivity index (χ1n) is 7.47. The van der Waals surface area contributed by atoms with E-state index in [1.807, 2.05) is 48.5 Å². The summed E-state index contributed by atoms with van der Waals surface area (Å²) in [6.07, 6.45) is -0.345. The number of carbonyl (C=O) groups is 1. The van der Waals surface area contributed by atoms with Crippen molar-refractivity contribution in [3.05, 3.63) is 66.2 Å². The van der Waals surface area contributed by atoms with Gasteiger partial charge >= 0.3 is 142 Å². The molecule has 118 valence electrons. The zero-order chi connectivity index (χ0) is 16.2. The fourth-order valence-electron chi connectivity index (χ4n) is 2.37. The molecule has 1 aliphatic heterocycles. The first kappa shape index (κ1) is 15.8. The number of ether oxygens (including phenoxy) is 1. The van der Waals surface area contributed by atoms with Crippen LogP contribution in [0.1, 0.15) is 19.4 Å². The van der Waals surface area contributed by atoms with Gasteiger partial charge in [0.15, 0.2) is 0 Å². The van der Waals surface area contributed by atoms with Crippen molar-refractivity contribution >= 4 is 31.2 Å². The Kier molecular flexibility index (Phi) is 4.79. The van der Waals surface area contributed by atoms with Gasteiger partial charge in [0, 0.05) is 0 Å². The fourth-order valence-corrected chi connectivity index (χ4v) is 4.53. The van der Waals surface area contributed by atoms with Crippen molar-refractivity contribution in [2.75, 3.05) is 0 Å². The maximum atomic E-state index is 11.9. The summed E-state index contributed by atoms with van der Waals surface area (Å²) in [5.74, 6) is 0.415. The van der Waals surface area contributed by atoms with Crippen molar-refractivity contribution in [3.8, 4) is 0 Å². The van der Waals surface area contributed by atoms with Gasteiger partial charge in [-0.2, -0.15) is 0 Å². The normalized spacial score (nSPS) is 18.3. The Labute approximate surface area is 142 Å². The van der Waals surface area contributed by atoms with Crippen LogP contribution < -0.4 is 4.46 Å². The number of hydrogen-bond donors (Lipinski definition) is 0. The van der Waals surface area contributed by atoms with Gasteiger partial charge in [0.25, 0.3) is 0 Å². The monoisotopic (exact) mass is 374 g/mol. The topological polar surface area (TPSA) is 41.9 Å². The Morgan fingerprint density at radius 1 is 1.13 bits per heavy atom. The second-order valence-corrected chi connectivity index (χ2v) is 8.32. The summed E-state index contributed by atoms with van der Waals surface area (Å²) in [6, 6.07) is 20.0. The molecular weight excluding hydrogens is 355 g/mol. The molecule has 2 unspecified atom stereocenters. The summed E-state index contributed by atoms with van der Waals surface area (Å²) in [7, 11) is 0. The van der Waals surface area contributed by atoms with Crippen molar-refractivity contribution in [1.29, 1.82) is 0 Å². The van der Waals surface area contributed by atoms with E-state index in [0.29, 0.717) is 5.90 Å². The molecule has 0 saturated carbocycles. The number of hydrazone groups is 1. The molecule has 0 fully saturated rings. The third-order valence-corrected chi connectivity index (χ3v) is 5.89. The number of hydrogen-bond acceptors (Lipinski definition) is 3. The van der Waals surface area contributed by atoms with Crippen LogP contribution in [-0.4, -0.2) is 38.0 Å². The van der Waals surface area contributed by atoms with Gasteiger partial charge in [-0.05, 0) is 0 Å². The molecule has 0 saturated heterocycles. The average Bonchev–Trinajstić information content (AvgIpc) is 3.02. The Morgan fingerprint density at radius 2 is 1.74 bits per heavy atom. The number of carbonyl (C=O) groups excluding carboxylic acids is 1.